The Balaban J connectivity index is 2.30. The zero-order chi connectivity index (χ0) is 14.6. The SMILES string of the molecule is CC=C=C(CCCC)CCOCc1ccc(OC)cc1. The van der Waals surface area contributed by atoms with E-state index in [2.05, 4.69) is 12.7 Å². The van der Waals surface area contributed by atoms with Gasteiger partial charge in [0.25, 0.3) is 0 Å². The van der Waals surface area contributed by atoms with E-state index in [4.69, 9.17) is 9.47 Å². The van der Waals surface area contributed by atoms with Crippen molar-refractivity contribution < 1.29 is 9.47 Å². The van der Waals surface area contributed by atoms with Crippen LogP contribution in [0.25, 0.3) is 0 Å². The molecule has 0 radical (unpaired) electrons. The van der Waals surface area contributed by atoms with Gasteiger partial charge in [-0.15, -0.1) is 5.73 Å². The third-order valence-corrected chi connectivity index (χ3v) is 3.16. The Hall–Kier alpha value is -1.50. The van der Waals surface area contributed by atoms with Crippen LogP contribution >= 0.6 is 0 Å². The van der Waals surface area contributed by atoms with Crippen molar-refractivity contribution in [1.29, 1.82) is 0 Å². The van der Waals surface area contributed by atoms with Gasteiger partial charge in [-0.25, -0.2) is 0 Å². The van der Waals surface area contributed by atoms with Gasteiger partial charge in [0, 0.05) is 0 Å². The first-order valence-electron chi connectivity index (χ1n) is 7.39. The molecule has 20 heavy (non-hydrogen) atoms. The van der Waals surface area contributed by atoms with Crippen LogP contribution in [0.1, 0.15) is 45.1 Å². The highest BCUT2D eigenvalue weighted by Gasteiger charge is 1.98. The molecule has 0 aliphatic heterocycles. The molecule has 0 spiro atoms. The zero-order valence-electron chi connectivity index (χ0n) is 12.9. The summed E-state index contributed by atoms with van der Waals surface area (Å²) in [7, 11) is 1.68. The summed E-state index contributed by atoms with van der Waals surface area (Å²) in [4.78, 5) is 0. The van der Waals surface area contributed by atoms with Gasteiger partial charge in [0.1, 0.15) is 5.75 Å². The van der Waals surface area contributed by atoms with Crippen LogP contribution in [0, 0.1) is 0 Å². The third kappa shape index (κ3) is 6.60. The average molecular weight is 274 g/mol. The normalized spacial score (nSPS) is 9.95. The minimum Gasteiger partial charge on any atom is -0.497 e. The summed E-state index contributed by atoms with van der Waals surface area (Å²) in [6, 6.07) is 8.01. The number of benzene rings is 1. The maximum atomic E-state index is 5.73. The van der Waals surface area contributed by atoms with E-state index < -0.39 is 0 Å². The highest BCUT2D eigenvalue weighted by Crippen LogP contribution is 2.13. The second-order valence-electron chi connectivity index (χ2n) is 4.79. The molecule has 0 aliphatic rings. The van der Waals surface area contributed by atoms with Crippen molar-refractivity contribution in [2.75, 3.05) is 13.7 Å². The highest BCUT2D eigenvalue weighted by atomic mass is 16.5. The topological polar surface area (TPSA) is 18.5 Å². The fourth-order valence-corrected chi connectivity index (χ4v) is 1.97. The summed E-state index contributed by atoms with van der Waals surface area (Å²) in [5, 5.41) is 0. The van der Waals surface area contributed by atoms with Crippen molar-refractivity contribution in [2.24, 2.45) is 0 Å². The third-order valence-electron chi connectivity index (χ3n) is 3.16. The van der Waals surface area contributed by atoms with Crippen molar-refractivity contribution in [1.82, 2.24) is 0 Å². The van der Waals surface area contributed by atoms with Crippen molar-refractivity contribution >= 4 is 0 Å². The standard InChI is InChI=1S/C18H26O2/c1-4-6-8-16(7-5-2)13-14-20-15-17-9-11-18(19-3)12-10-17/h5,9-12H,4,6,8,13-15H2,1-3H3. The predicted octanol–water partition coefficient (Wildman–Crippen LogP) is 4.89. The quantitative estimate of drug-likeness (QED) is 0.471. The molecule has 110 valence electrons. The van der Waals surface area contributed by atoms with Gasteiger partial charge in [0.2, 0.25) is 0 Å². The molecule has 1 rings (SSSR count). The molecule has 2 heteroatoms. The summed E-state index contributed by atoms with van der Waals surface area (Å²) in [5.74, 6) is 0.881. The molecule has 0 aromatic heterocycles. The molecule has 0 bridgehead atoms. The fourth-order valence-electron chi connectivity index (χ4n) is 1.97. The molecule has 0 unspecified atom stereocenters. The first-order chi connectivity index (χ1) is 9.80. The molecule has 0 N–H and O–H groups in total. The largest absolute Gasteiger partial charge is 0.497 e. The van der Waals surface area contributed by atoms with Crippen LogP contribution in [0.15, 0.2) is 41.6 Å². The molecule has 1 aromatic carbocycles. The summed E-state index contributed by atoms with van der Waals surface area (Å²) in [5.41, 5.74) is 5.87. The molecule has 0 saturated heterocycles. The van der Waals surface area contributed by atoms with E-state index in [-0.39, 0.29) is 0 Å². The van der Waals surface area contributed by atoms with Crippen LogP contribution in [0.5, 0.6) is 5.75 Å². The van der Waals surface area contributed by atoms with Crippen LogP contribution in [0.4, 0.5) is 0 Å². The lowest BCUT2D eigenvalue weighted by Gasteiger charge is -2.07. The molecule has 0 fully saturated rings. The number of unbranched alkanes of at least 4 members (excludes halogenated alkanes) is 1. The molecule has 0 amide bonds. The number of hydrogen-bond acceptors (Lipinski definition) is 2. The van der Waals surface area contributed by atoms with Crippen molar-refractivity contribution in [3.05, 3.63) is 47.2 Å². The van der Waals surface area contributed by atoms with Crippen LogP contribution in [0.2, 0.25) is 0 Å². The van der Waals surface area contributed by atoms with Gasteiger partial charge >= 0.3 is 0 Å². The van der Waals surface area contributed by atoms with Gasteiger partial charge in [-0.1, -0.05) is 25.5 Å². The van der Waals surface area contributed by atoms with Gasteiger partial charge in [0.05, 0.1) is 20.3 Å². The monoisotopic (exact) mass is 274 g/mol. The second kappa shape index (κ2) is 10.3. The van der Waals surface area contributed by atoms with Crippen molar-refractivity contribution in [3.8, 4) is 5.75 Å². The minimum absolute atomic E-state index is 0.654. The van der Waals surface area contributed by atoms with E-state index in [9.17, 15) is 0 Å². The Morgan fingerprint density at radius 1 is 1.20 bits per heavy atom. The Morgan fingerprint density at radius 3 is 2.55 bits per heavy atom. The number of ether oxygens (including phenoxy) is 2. The Bertz CT molecular complexity index is 425. The molecule has 0 aliphatic carbocycles. The molecule has 2 nitrogen and oxygen atoms in total. The maximum Gasteiger partial charge on any atom is 0.118 e. The van der Waals surface area contributed by atoms with Crippen LogP contribution < -0.4 is 4.74 Å². The summed E-state index contributed by atoms with van der Waals surface area (Å²) >= 11 is 0. The molecular formula is C18H26O2. The van der Waals surface area contributed by atoms with E-state index in [0.29, 0.717) is 6.61 Å². The summed E-state index contributed by atoms with van der Waals surface area (Å²) < 4.78 is 10.9. The zero-order valence-corrected chi connectivity index (χ0v) is 12.9. The van der Waals surface area contributed by atoms with E-state index in [0.717, 1.165) is 25.2 Å². The smallest absolute Gasteiger partial charge is 0.118 e. The van der Waals surface area contributed by atoms with Crippen LogP contribution in [-0.4, -0.2) is 13.7 Å². The second-order valence-corrected chi connectivity index (χ2v) is 4.79. The lowest BCUT2D eigenvalue weighted by molar-refractivity contribution is 0.123. The van der Waals surface area contributed by atoms with Gasteiger partial charge in [-0.2, -0.15) is 0 Å². The average Bonchev–Trinajstić information content (AvgIpc) is 2.49. The lowest BCUT2D eigenvalue weighted by atomic mass is 10.1. The van der Waals surface area contributed by atoms with Gasteiger partial charge in [0.15, 0.2) is 0 Å². The molecule has 0 saturated carbocycles. The molecular weight excluding hydrogens is 248 g/mol. The molecule has 0 heterocycles. The number of hydrogen-bond donors (Lipinski definition) is 0. The lowest BCUT2D eigenvalue weighted by Crippen LogP contribution is -1.97. The van der Waals surface area contributed by atoms with Crippen molar-refractivity contribution in [2.45, 2.75) is 46.1 Å². The first-order valence-corrected chi connectivity index (χ1v) is 7.39. The Morgan fingerprint density at radius 2 is 1.95 bits per heavy atom. The van der Waals surface area contributed by atoms with Crippen LogP contribution in [-0.2, 0) is 11.3 Å². The predicted molar refractivity (Wildman–Crippen MR) is 84.1 cm³/mol. The Labute approximate surface area is 123 Å². The first kappa shape index (κ1) is 16.6. The van der Waals surface area contributed by atoms with E-state index in [1.165, 1.54) is 24.0 Å². The maximum absolute atomic E-state index is 5.73. The molecule has 1 aromatic rings. The Kier molecular flexibility index (Phi) is 8.53. The highest BCUT2D eigenvalue weighted by molar-refractivity contribution is 5.26. The number of methoxy groups -OCH3 is 1. The number of rotatable bonds is 9. The van der Waals surface area contributed by atoms with Gasteiger partial charge in [-0.05, 0) is 55.5 Å². The minimum atomic E-state index is 0.654. The van der Waals surface area contributed by atoms with Gasteiger partial charge in [-0.3, -0.25) is 0 Å². The fraction of sp³-hybridized carbons (Fsp3) is 0.500. The van der Waals surface area contributed by atoms with E-state index in [1.807, 2.05) is 37.3 Å². The molecule has 0 atom stereocenters. The van der Waals surface area contributed by atoms with Crippen molar-refractivity contribution in [3.63, 3.8) is 0 Å². The summed E-state index contributed by atoms with van der Waals surface area (Å²) in [6.07, 6.45) is 6.55. The van der Waals surface area contributed by atoms with Crippen LogP contribution in [0.3, 0.4) is 0 Å². The summed E-state index contributed by atoms with van der Waals surface area (Å²) in [6.45, 7) is 5.64. The van der Waals surface area contributed by atoms with E-state index >= 15 is 0 Å². The van der Waals surface area contributed by atoms with E-state index in [1.54, 1.807) is 7.11 Å². The van der Waals surface area contributed by atoms with Gasteiger partial charge < -0.3 is 9.47 Å².